The Morgan fingerprint density at radius 1 is 1.17 bits per heavy atom. The summed E-state index contributed by atoms with van der Waals surface area (Å²) in [6.45, 7) is 2.78. The number of aromatic nitrogens is 3. The van der Waals surface area contributed by atoms with Crippen LogP contribution < -0.4 is 0 Å². The predicted octanol–water partition coefficient (Wildman–Crippen LogP) is 4.25. The fraction of sp³-hybridized carbons (Fsp3) is 0.450. The number of ether oxygens (including phenoxy) is 1. The van der Waals surface area contributed by atoms with Crippen LogP contribution in [0, 0.1) is 0 Å². The summed E-state index contributed by atoms with van der Waals surface area (Å²) in [6.07, 6.45) is 4.48. The fourth-order valence-corrected chi connectivity index (χ4v) is 4.09. The average Bonchev–Trinajstić information content (AvgIpc) is 3.30. The van der Waals surface area contributed by atoms with Gasteiger partial charge in [-0.1, -0.05) is 34.4 Å². The van der Waals surface area contributed by atoms with E-state index >= 15 is 0 Å². The number of hydrogen-bond acceptors (Lipinski definition) is 7. The van der Waals surface area contributed by atoms with Crippen molar-refractivity contribution in [3.63, 3.8) is 0 Å². The molecule has 1 saturated heterocycles. The SMILES string of the molecule is Clc1ccc(C(c2nc(Cc3cnc(C4CC4)o3)no2)N2CCOCC2)c(Cl)c1. The minimum Gasteiger partial charge on any atom is -0.445 e. The molecular weight excluding hydrogens is 415 g/mol. The zero-order valence-electron chi connectivity index (χ0n) is 15.7. The van der Waals surface area contributed by atoms with E-state index in [1.54, 1.807) is 12.3 Å². The largest absolute Gasteiger partial charge is 0.445 e. The van der Waals surface area contributed by atoms with Crippen LogP contribution in [0.1, 0.15) is 53.7 Å². The third-order valence-corrected chi connectivity index (χ3v) is 5.78. The van der Waals surface area contributed by atoms with Crippen LogP contribution >= 0.6 is 23.2 Å². The van der Waals surface area contributed by atoms with Crippen LogP contribution in [0.2, 0.25) is 10.0 Å². The molecule has 0 spiro atoms. The first-order valence-corrected chi connectivity index (χ1v) is 10.5. The van der Waals surface area contributed by atoms with E-state index in [1.807, 2.05) is 12.1 Å². The Morgan fingerprint density at radius 2 is 2.00 bits per heavy atom. The second kappa shape index (κ2) is 8.07. The van der Waals surface area contributed by atoms with Crippen molar-refractivity contribution < 1.29 is 13.7 Å². The normalized spacial score (nSPS) is 18.8. The molecule has 2 fully saturated rings. The fourth-order valence-electron chi connectivity index (χ4n) is 3.57. The molecule has 1 aliphatic heterocycles. The Kier molecular flexibility index (Phi) is 5.30. The summed E-state index contributed by atoms with van der Waals surface area (Å²) in [5, 5.41) is 5.32. The first-order valence-electron chi connectivity index (χ1n) is 9.71. The lowest BCUT2D eigenvalue weighted by Crippen LogP contribution is -2.39. The van der Waals surface area contributed by atoms with Gasteiger partial charge in [-0.3, -0.25) is 4.90 Å². The number of oxazole rings is 1. The van der Waals surface area contributed by atoms with Gasteiger partial charge in [0.05, 0.1) is 25.8 Å². The molecule has 1 atom stereocenters. The Hall–Kier alpha value is -1.93. The molecule has 0 bridgehead atoms. The molecule has 152 valence electrons. The third-order valence-electron chi connectivity index (χ3n) is 5.22. The lowest BCUT2D eigenvalue weighted by atomic mass is 10.0. The molecule has 9 heteroatoms. The van der Waals surface area contributed by atoms with Crippen molar-refractivity contribution >= 4 is 23.2 Å². The zero-order valence-corrected chi connectivity index (χ0v) is 17.2. The lowest BCUT2D eigenvalue weighted by molar-refractivity contribution is 0.0181. The van der Waals surface area contributed by atoms with Crippen LogP contribution in [0.25, 0.3) is 0 Å². The van der Waals surface area contributed by atoms with E-state index in [9.17, 15) is 0 Å². The van der Waals surface area contributed by atoms with Crippen molar-refractivity contribution in [1.29, 1.82) is 0 Å². The second-order valence-corrected chi connectivity index (χ2v) is 8.23. The van der Waals surface area contributed by atoms with Crippen LogP contribution in [0.15, 0.2) is 33.3 Å². The smallest absolute Gasteiger partial charge is 0.248 e. The Morgan fingerprint density at radius 3 is 2.76 bits per heavy atom. The van der Waals surface area contributed by atoms with Crippen LogP contribution in [-0.4, -0.2) is 46.3 Å². The van der Waals surface area contributed by atoms with Gasteiger partial charge in [-0.2, -0.15) is 4.98 Å². The number of halogens is 2. The molecule has 3 aromatic rings. The summed E-state index contributed by atoms with van der Waals surface area (Å²) in [7, 11) is 0. The van der Waals surface area contributed by atoms with Crippen molar-refractivity contribution in [2.75, 3.05) is 26.3 Å². The molecule has 1 aliphatic carbocycles. The minimum absolute atomic E-state index is 0.262. The highest BCUT2D eigenvalue weighted by Gasteiger charge is 2.32. The number of nitrogens with zero attached hydrogens (tertiary/aromatic N) is 4. The highest BCUT2D eigenvalue weighted by atomic mass is 35.5. The summed E-state index contributed by atoms with van der Waals surface area (Å²) in [5.74, 6) is 3.08. The monoisotopic (exact) mass is 434 g/mol. The van der Waals surface area contributed by atoms with Gasteiger partial charge in [0.2, 0.25) is 5.89 Å². The van der Waals surface area contributed by atoms with Crippen LogP contribution in [-0.2, 0) is 11.2 Å². The summed E-state index contributed by atoms with van der Waals surface area (Å²) in [4.78, 5) is 11.2. The summed E-state index contributed by atoms with van der Waals surface area (Å²) in [5.41, 5.74) is 0.879. The molecule has 1 unspecified atom stereocenters. The molecule has 2 aliphatic rings. The molecular formula is C20H20Cl2N4O3. The van der Waals surface area contributed by atoms with Gasteiger partial charge in [-0.25, -0.2) is 4.98 Å². The Balaban J connectivity index is 1.42. The minimum atomic E-state index is -0.262. The molecule has 5 rings (SSSR count). The highest BCUT2D eigenvalue weighted by molar-refractivity contribution is 6.35. The molecule has 1 saturated carbocycles. The number of rotatable bonds is 6. The summed E-state index contributed by atoms with van der Waals surface area (Å²) in [6, 6.07) is 5.20. The van der Waals surface area contributed by atoms with Gasteiger partial charge in [-0.15, -0.1) is 0 Å². The molecule has 1 aromatic carbocycles. The quantitative estimate of drug-likeness (QED) is 0.573. The molecule has 0 amide bonds. The van der Waals surface area contributed by atoms with E-state index in [0.29, 0.717) is 47.3 Å². The zero-order chi connectivity index (χ0) is 19.8. The topological polar surface area (TPSA) is 77.4 Å². The van der Waals surface area contributed by atoms with Crippen molar-refractivity contribution in [2.24, 2.45) is 0 Å². The average molecular weight is 435 g/mol. The van der Waals surface area contributed by atoms with Gasteiger partial charge >= 0.3 is 0 Å². The van der Waals surface area contributed by atoms with E-state index in [0.717, 1.165) is 43.1 Å². The van der Waals surface area contributed by atoms with Gasteiger partial charge in [0.15, 0.2) is 11.7 Å². The maximum Gasteiger partial charge on any atom is 0.248 e. The van der Waals surface area contributed by atoms with Crippen molar-refractivity contribution in [3.05, 3.63) is 63.4 Å². The Labute approximate surface area is 177 Å². The molecule has 7 nitrogen and oxygen atoms in total. The summed E-state index contributed by atoms with van der Waals surface area (Å²) < 4.78 is 17.0. The van der Waals surface area contributed by atoms with Crippen LogP contribution in [0.3, 0.4) is 0 Å². The van der Waals surface area contributed by atoms with E-state index < -0.39 is 0 Å². The summed E-state index contributed by atoms with van der Waals surface area (Å²) >= 11 is 12.6. The highest BCUT2D eigenvalue weighted by Crippen LogP contribution is 2.39. The second-order valence-electron chi connectivity index (χ2n) is 7.38. The Bertz CT molecular complexity index is 995. The van der Waals surface area contributed by atoms with E-state index in [2.05, 4.69) is 20.0 Å². The third kappa shape index (κ3) is 4.19. The van der Waals surface area contributed by atoms with E-state index in [-0.39, 0.29) is 6.04 Å². The van der Waals surface area contributed by atoms with Crippen molar-refractivity contribution in [1.82, 2.24) is 20.0 Å². The van der Waals surface area contributed by atoms with Crippen molar-refractivity contribution in [3.8, 4) is 0 Å². The van der Waals surface area contributed by atoms with E-state index in [4.69, 9.17) is 36.9 Å². The maximum absolute atomic E-state index is 6.51. The van der Waals surface area contributed by atoms with Gasteiger partial charge < -0.3 is 13.7 Å². The lowest BCUT2D eigenvalue weighted by Gasteiger charge is -2.33. The first kappa shape index (κ1) is 19.1. The van der Waals surface area contributed by atoms with Gasteiger partial charge in [0.25, 0.3) is 0 Å². The van der Waals surface area contributed by atoms with Crippen molar-refractivity contribution in [2.45, 2.75) is 31.2 Å². The number of benzene rings is 1. The molecule has 2 aromatic heterocycles. The first-order chi connectivity index (χ1) is 14.2. The van der Waals surface area contributed by atoms with Crippen LogP contribution in [0.4, 0.5) is 0 Å². The molecule has 29 heavy (non-hydrogen) atoms. The van der Waals surface area contributed by atoms with Crippen LogP contribution in [0.5, 0.6) is 0 Å². The predicted molar refractivity (Wildman–Crippen MR) is 106 cm³/mol. The van der Waals surface area contributed by atoms with Gasteiger partial charge in [0, 0.05) is 29.1 Å². The van der Waals surface area contributed by atoms with E-state index in [1.165, 1.54) is 0 Å². The number of hydrogen-bond donors (Lipinski definition) is 0. The maximum atomic E-state index is 6.51. The van der Waals surface area contributed by atoms with Gasteiger partial charge in [-0.05, 0) is 30.5 Å². The number of morpholine rings is 1. The molecule has 0 radical (unpaired) electrons. The standard InChI is InChI=1S/C20H20Cl2N4O3/c21-13-3-4-15(16(22)9-13)18(26-5-7-27-8-6-26)20-24-17(25-29-20)10-14-11-23-19(28-14)12-1-2-12/h3-4,9,11-12,18H,1-2,5-8,10H2. The van der Waals surface area contributed by atoms with Gasteiger partial charge in [0.1, 0.15) is 11.8 Å². The molecule has 3 heterocycles. The molecule has 0 N–H and O–H groups in total.